The van der Waals surface area contributed by atoms with Gasteiger partial charge in [0.2, 0.25) is 23.7 Å². The number of nitrogens with zero attached hydrogens (tertiary/aromatic N) is 1. The van der Waals surface area contributed by atoms with Gasteiger partial charge in [0, 0.05) is 25.9 Å². The molecular formula is C29H50N4O12S. The van der Waals surface area contributed by atoms with Crippen molar-refractivity contribution in [3.63, 3.8) is 0 Å². The number of rotatable bonds is 21. The van der Waals surface area contributed by atoms with Gasteiger partial charge in [-0.3, -0.25) is 23.7 Å². The van der Waals surface area contributed by atoms with Crippen molar-refractivity contribution in [1.29, 1.82) is 0 Å². The fourth-order valence-electron chi connectivity index (χ4n) is 3.69. The van der Waals surface area contributed by atoms with Gasteiger partial charge in [-0.2, -0.15) is 8.42 Å². The number of esters is 3. The molecule has 0 saturated heterocycles. The van der Waals surface area contributed by atoms with E-state index in [0.29, 0.717) is 0 Å². The Kier molecular flexibility index (Phi) is 18.9. The molecule has 3 atom stereocenters. The van der Waals surface area contributed by atoms with Crippen LogP contribution < -0.4 is 16.0 Å². The zero-order valence-electron chi connectivity index (χ0n) is 27.8. The molecule has 46 heavy (non-hydrogen) atoms. The predicted molar refractivity (Wildman–Crippen MR) is 166 cm³/mol. The van der Waals surface area contributed by atoms with E-state index in [0.717, 1.165) is 0 Å². The minimum atomic E-state index is -4.53. The van der Waals surface area contributed by atoms with Crippen LogP contribution in [0.5, 0.6) is 0 Å². The van der Waals surface area contributed by atoms with Crippen LogP contribution in [0.4, 0.5) is 0 Å². The molecule has 17 heteroatoms. The van der Waals surface area contributed by atoms with E-state index in [1.807, 2.05) is 0 Å². The molecule has 0 aliphatic heterocycles. The predicted octanol–water partition coefficient (Wildman–Crippen LogP) is 0.458. The minimum Gasteiger partial charge on any atom is -0.461 e. The summed E-state index contributed by atoms with van der Waals surface area (Å²) in [4.78, 5) is 76.0. The topological polar surface area (TPSA) is 224 Å². The van der Waals surface area contributed by atoms with Gasteiger partial charge in [0.25, 0.3) is 0 Å². The molecule has 264 valence electrons. The molecule has 0 aromatic rings. The first-order valence-electron chi connectivity index (χ1n) is 14.9. The highest BCUT2D eigenvalue weighted by molar-refractivity contribution is 7.85. The average molecular weight is 679 g/mol. The Bertz CT molecular complexity index is 1170. The highest BCUT2D eigenvalue weighted by atomic mass is 32.2. The Balaban J connectivity index is 5.16. The molecular weight excluding hydrogens is 628 g/mol. The van der Waals surface area contributed by atoms with Crippen molar-refractivity contribution in [2.24, 2.45) is 5.92 Å². The smallest absolute Gasteiger partial charge is 0.329 e. The average Bonchev–Trinajstić information content (AvgIpc) is 2.92. The Morgan fingerprint density at radius 2 is 1.39 bits per heavy atom. The fourth-order valence-corrected chi connectivity index (χ4v) is 3.96. The van der Waals surface area contributed by atoms with E-state index in [1.54, 1.807) is 39.5 Å². The molecule has 0 fully saturated rings. The van der Waals surface area contributed by atoms with Crippen LogP contribution in [0.1, 0.15) is 74.1 Å². The molecule has 0 radical (unpaired) electrons. The summed E-state index contributed by atoms with van der Waals surface area (Å²) in [5.74, 6) is -5.24. The van der Waals surface area contributed by atoms with Crippen LogP contribution in [0.2, 0.25) is 0 Å². The number of amides is 3. The summed E-state index contributed by atoms with van der Waals surface area (Å²) in [7, 11) is -4.53. The third-order valence-electron chi connectivity index (χ3n) is 5.99. The number of hydrogen-bond acceptors (Lipinski definition) is 12. The lowest BCUT2D eigenvalue weighted by molar-refractivity contribution is -0.158. The first-order valence-corrected chi connectivity index (χ1v) is 16.5. The van der Waals surface area contributed by atoms with Gasteiger partial charge < -0.3 is 35.1 Å². The molecule has 0 heterocycles. The zero-order valence-corrected chi connectivity index (χ0v) is 28.6. The van der Waals surface area contributed by atoms with Gasteiger partial charge in [0.15, 0.2) is 0 Å². The van der Waals surface area contributed by atoms with Gasteiger partial charge in [-0.25, -0.2) is 9.59 Å². The summed E-state index contributed by atoms with van der Waals surface area (Å²) in [6.45, 7) is 15.5. The monoisotopic (exact) mass is 678 g/mol. The molecule has 0 unspecified atom stereocenters. The van der Waals surface area contributed by atoms with Crippen molar-refractivity contribution < 1.29 is 55.9 Å². The lowest BCUT2D eigenvalue weighted by Crippen LogP contribution is -2.53. The maximum Gasteiger partial charge on any atom is 0.329 e. The number of hydrogen-bond donors (Lipinski definition) is 4. The maximum absolute atomic E-state index is 12.9. The van der Waals surface area contributed by atoms with E-state index in [2.05, 4.69) is 27.3 Å². The van der Waals surface area contributed by atoms with Gasteiger partial charge >= 0.3 is 28.0 Å². The SMILES string of the molecule is C=CCOC(=O)CCN(CCCC(=O)N[C@@H](C)C(=O)OCS(=O)(=O)O)CCC(=O)N[C@H](C(=O)N[C@@H](C)C(=O)OC(C)(C)C)C(C)C. The highest BCUT2D eigenvalue weighted by Crippen LogP contribution is 2.10. The fraction of sp³-hybridized carbons (Fsp3) is 0.724. The first kappa shape index (κ1) is 42.4. The summed E-state index contributed by atoms with van der Waals surface area (Å²) in [5, 5.41) is 7.63. The van der Waals surface area contributed by atoms with Crippen LogP contribution in [-0.2, 0) is 53.1 Å². The standard InChI is InChI=1S/C29H50N4O12S/c1-9-17-43-24(36)13-16-33(14-10-11-22(34)30-20(4)27(38)44-18-46(40,41)42)15-12-23(35)32-25(19(2)3)26(37)31-21(5)28(39)45-29(6,7)8/h9,19-21,25H,1,10-18H2,2-8H3,(H,30,34)(H,31,37)(H,32,35)(H,40,41,42)/t20-,21-,25-/m0/s1. The largest absolute Gasteiger partial charge is 0.461 e. The van der Waals surface area contributed by atoms with E-state index in [9.17, 15) is 37.2 Å². The Hall–Kier alpha value is -3.57. The van der Waals surface area contributed by atoms with E-state index >= 15 is 0 Å². The van der Waals surface area contributed by atoms with Crippen molar-refractivity contribution in [3.05, 3.63) is 12.7 Å². The van der Waals surface area contributed by atoms with Gasteiger partial charge in [-0.05, 0) is 53.5 Å². The molecule has 0 spiro atoms. The molecule has 16 nitrogen and oxygen atoms in total. The number of ether oxygens (including phenoxy) is 3. The molecule has 0 aliphatic rings. The van der Waals surface area contributed by atoms with Crippen LogP contribution in [0.25, 0.3) is 0 Å². The Labute approximate surface area is 271 Å². The normalized spacial score (nSPS) is 13.6. The summed E-state index contributed by atoms with van der Waals surface area (Å²) in [5.41, 5.74) is -0.736. The van der Waals surface area contributed by atoms with Gasteiger partial charge in [0.05, 0.1) is 6.42 Å². The second kappa shape index (κ2) is 20.5. The molecule has 0 bridgehead atoms. The van der Waals surface area contributed by atoms with Crippen LogP contribution in [-0.4, -0.2) is 109 Å². The van der Waals surface area contributed by atoms with Crippen molar-refractivity contribution in [2.75, 3.05) is 32.2 Å². The molecule has 0 aromatic heterocycles. The minimum absolute atomic E-state index is 0.00211. The lowest BCUT2D eigenvalue weighted by atomic mass is 10.0. The second-order valence-electron chi connectivity index (χ2n) is 11.9. The Morgan fingerprint density at radius 1 is 0.826 bits per heavy atom. The molecule has 0 aliphatic carbocycles. The van der Waals surface area contributed by atoms with E-state index in [1.165, 1.54) is 19.9 Å². The highest BCUT2D eigenvalue weighted by Gasteiger charge is 2.29. The quantitative estimate of drug-likeness (QED) is 0.0561. The van der Waals surface area contributed by atoms with E-state index in [4.69, 9.17) is 14.0 Å². The second-order valence-corrected chi connectivity index (χ2v) is 13.3. The summed E-state index contributed by atoms with van der Waals surface area (Å²) < 4.78 is 44.8. The zero-order chi connectivity index (χ0) is 35.7. The molecule has 0 saturated carbocycles. The van der Waals surface area contributed by atoms with E-state index < -0.39 is 75.4 Å². The molecule has 0 aromatic carbocycles. The molecule has 0 rings (SSSR count). The third-order valence-corrected chi connectivity index (χ3v) is 6.41. The molecule has 4 N–H and O–H groups in total. The van der Waals surface area contributed by atoms with Crippen LogP contribution in [0.15, 0.2) is 12.7 Å². The lowest BCUT2D eigenvalue weighted by Gasteiger charge is -2.26. The van der Waals surface area contributed by atoms with E-state index in [-0.39, 0.29) is 57.8 Å². The van der Waals surface area contributed by atoms with Crippen molar-refractivity contribution in [1.82, 2.24) is 20.9 Å². The third kappa shape index (κ3) is 20.5. The van der Waals surface area contributed by atoms with Gasteiger partial charge in [-0.15, -0.1) is 0 Å². The van der Waals surface area contributed by atoms with Crippen LogP contribution in [0.3, 0.4) is 0 Å². The van der Waals surface area contributed by atoms with Gasteiger partial charge in [-0.1, -0.05) is 26.5 Å². The van der Waals surface area contributed by atoms with Gasteiger partial charge in [0.1, 0.15) is 30.3 Å². The first-order chi connectivity index (χ1) is 21.1. The van der Waals surface area contributed by atoms with Crippen molar-refractivity contribution in [3.8, 4) is 0 Å². The number of nitrogens with one attached hydrogen (secondary N) is 3. The van der Waals surface area contributed by atoms with Crippen molar-refractivity contribution >= 4 is 45.7 Å². The summed E-state index contributed by atoms with van der Waals surface area (Å²) in [6, 6.07) is -3.05. The summed E-state index contributed by atoms with van der Waals surface area (Å²) in [6.07, 6.45) is 1.58. The number of carbonyl (C=O) groups excluding carboxylic acids is 6. The van der Waals surface area contributed by atoms with Crippen LogP contribution >= 0.6 is 0 Å². The Morgan fingerprint density at radius 3 is 1.93 bits per heavy atom. The molecule has 3 amide bonds. The number of carbonyl (C=O) groups is 6. The summed E-state index contributed by atoms with van der Waals surface area (Å²) >= 11 is 0. The maximum atomic E-state index is 12.9. The van der Waals surface area contributed by atoms with Crippen molar-refractivity contribution in [2.45, 2.75) is 97.9 Å². The van der Waals surface area contributed by atoms with Crippen LogP contribution in [0, 0.1) is 5.92 Å².